The summed E-state index contributed by atoms with van der Waals surface area (Å²) < 4.78 is 0. The van der Waals surface area contributed by atoms with E-state index in [4.69, 9.17) is 0 Å². The SMILES string of the molecule is Oc1ccc2ccccc2c1CNCCN1CCCCC1. The highest BCUT2D eigenvalue weighted by molar-refractivity contribution is 5.87. The van der Waals surface area contributed by atoms with E-state index in [1.54, 1.807) is 6.07 Å². The molecule has 1 heterocycles. The van der Waals surface area contributed by atoms with E-state index < -0.39 is 0 Å². The maximum atomic E-state index is 10.1. The van der Waals surface area contributed by atoms with Crippen molar-refractivity contribution in [1.82, 2.24) is 10.2 Å². The lowest BCUT2D eigenvalue weighted by molar-refractivity contribution is 0.229. The number of benzene rings is 2. The molecule has 112 valence electrons. The van der Waals surface area contributed by atoms with Crippen molar-refractivity contribution in [2.24, 2.45) is 0 Å². The van der Waals surface area contributed by atoms with Crippen molar-refractivity contribution in [3.63, 3.8) is 0 Å². The number of piperidine rings is 1. The molecule has 2 N–H and O–H groups in total. The number of nitrogens with one attached hydrogen (secondary N) is 1. The molecule has 0 amide bonds. The summed E-state index contributed by atoms with van der Waals surface area (Å²) >= 11 is 0. The van der Waals surface area contributed by atoms with Gasteiger partial charge in [0.1, 0.15) is 5.75 Å². The van der Waals surface area contributed by atoms with Crippen LogP contribution < -0.4 is 5.32 Å². The van der Waals surface area contributed by atoms with Gasteiger partial charge in [-0.25, -0.2) is 0 Å². The molecule has 0 radical (unpaired) electrons. The zero-order chi connectivity index (χ0) is 14.5. The molecule has 1 saturated heterocycles. The van der Waals surface area contributed by atoms with Gasteiger partial charge in [-0.1, -0.05) is 36.8 Å². The van der Waals surface area contributed by atoms with Crippen LogP contribution in [0.1, 0.15) is 24.8 Å². The molecule has 0 aliphatic carbocycles. The summed E-state index contributed by atoms with van der Waals surface area (Å²) in [6.45, 7) is 5.28. The predicted octanol–water partition coefficient (Wildman–Crippen LogP) is 3.12. The molecule has 0 bridgehead atoms. The molecule has 1 aliphatic heterocycles. The molecule has 0 atom stereocenters. The topological polar surface area (TPSA) is 35.5 Å². The van der Waals surface area contributed by atoms with Gasteiger partial charge >= 0.3 is 0 Å². The molecule has 3 heteroatoms. The number of hydrogen-bond donors (Lipinski definition) is 2. The average Bonchev–Trinajstić information content (AvgIpc) is 2.54. The number of phenols is 1. The summed E-state index contributed by atoms with van der Waals surface area (Å²) in [5.41, 5.74) is 1.01. The van der Waals surface area contributed by atoms with Crippen LogP contribution in [0, 0.1) is 0 Å². The highest BCUT2D eigenvalue weighted by atomic mass is 16.3. The maximum Gasteiger partial charge on any atom is 0.120 e. The highest BCUT2D eigenvalue weighted by Crippen LogP contribution is 2.26. The van der Waals surface area contributed by atoms with Gasteiger partial charge in [-0.15, -0.1) is 0 Å². The molecule has 1 aliphatic rings. The van der Waals surface area contributed by atoms with E-state index >= 15 is 0 Å². The van der Waals surface area contributed by atoms with Crippen molar-refractivity contribution in [2.45, 2.75) is 25.8 Å². The lowest BCUT2D eigenvalue weighted by atomic mass is 10.0. The van der Waals surface area contributed by atoms with Crippen molar-refractivity contribution in [1.29, 1.82) is 0 Å². The fourth-order valence-corrected chi connectivity index (χ4v) is 3.14. The number of likely N-dealkylation sites (tertiary alicyclic amines) is 1. The molecule has 3 nitrogen and oxygen atoms in total. The van der Waals surface area contributed by atoms with Crippen molar-refractivity contribution in [2.75, 3.05) is 26.2 Å². The van der Waals surface area contributed by atoms with Crippen LogP contribution in [0.25, 0.3) is 10.8 Å². The van der Waals surface area contributed by atoms with Crippen molar-refractivity contribution >= 4 is 10.8 Å². The van der Waals surface area contributed by atoms with E-state index in [1.165, 1.54) is 37.7 Å². The van der Waals surface area contributed by atoms with E-state index in [0.717, 1.165) is 30.6 Å². The second-order valence-corrected chi connectivity index (χ2v) is 5.86. The van der Waals surface area contributed by atoms with Gasteiger partial charge in [0.25, 0.3) is 0 Å². The fourth-order valence-electron chi connectivity index (χ4n) is 3.14. The van der Waals surface area contributed by atoms with E-state index in [2.05, 4.69) is 22.3 Å². The van der Waals surface area contributed by atoms with Gasteiger partial charge in [0.2, 0.25) is 0 Å². The Labute approximate surface area is 126 Å². The Morgan fingerprint density at radius 2 is 1.81 bits per heavy atom. The second-order valence-electron chi connectivity index (χ2n) is 5.86. The monoisotopic (exact) mass is 284 g/mol. The third kappa shape index (κ3) is 3.55. The number of rotatable bonds is 5. The molecule has 1 fully saturated rings. The Morgan fingerprint density at radius 1 is 1.00 bits per heavy atom. The molecule has 2 aromatic rings. The molecule has 0 saturated carbocycles. The molecule has 21 heavy (non-hydrogen) atoms. The summed E-state index contributed by atoms with van der Waals surface area (Å²) in [5, 5.41) is 15.9. The van der Waals surface area contributed by atoms with E-state index in [1.807, 2.05) is 18.2 Å². The Morgan fingerprint density at radius 3 is 2.67 bits per heavy atom. The fraction of sp³-hybridized carbons (Fsp3) is 0.444. The first-order valence-corrected chi connectivity index (χ1v) is 7.97. The first-order valence-electron chi connectivity index (χ1n) is 7.97. The van der Waals surface area contributed by atoms with Gasteiger partial charge in [0.05, 0.1) is 0 Å². The minimum Gasteiger partial charge on any atom is -0.508 e. The first kappa shape index (κ1) is 14.4. The van der Waals surface area contributed by atoms with Gasteiger partial charge in [-0.05, 0) is 42.8 Å². The first-order chi connectivity index (χ1) is 10.3. The molecule has 3 rings (SSSR count). The standard InChI is InChI=1S/C18H24N2O/c21-18-9-8-15-6-2-3-7-16(15)17(18)14-19-10-13-20-11-4-1-5-12-20/h2-3,6-9,19,21H,1,4-5,10-14H2. The Kier molecular flexibility index (Phi) is 4.73. The van der Waals surface area contributed by atoms with Crippen molar-refractivity contribution in [3.05, 3.63) is 42.0 Å². The van der Waals surface area contributed by atoms with Crippen molar-refractivity contribution in [3.8, 4) is 5.75 Å². The lowest BCUT2D eigenvalue weighted by Gasteiger charge is -2.26. The van der Waals surface area contributed by atoms with Gasteiger partial charge in [-0.2, -0.15) is 0 Å². The number of phenolic OH excluding ortho intramolecular Hbond substituents is 1. The average molecular weight is 284 g/mol. The van der Waals surface area contributed by atoms with E-state index in [-0.39, 0.29) is 0 Å². The third-order valence-electron chi connectivity index (χ3n) is 4.37. The Balaban J connectivity index is 1.58. The van der Waals surface area contributed by atoms with Crippen LogP contribution in [-0.4, -0.2) is 36.2 Å². The molecule has 0 aromatic heterocycles. The summed E-state index contributed by atoms with van der Waals surface area (Å²) in [6.07, 6.45) is 4.06. The van der Waals surface area contributed by atoms with Crippen LogP contribution in [0.5, 0.6) is 5.75 Å². The van der Waals surface area contributed by atoms with E-state index in [0.29, 0.717) is 5.75 Å². The smallest absolute Gasteiger partial charge is 0.120 e. The van der Waals surface area contributed by atoms with E-state index in [9.17, 15) is 5.11 Å². The largest absolute Gasteiger partial charge is 0.508 e. The minimum absolute atomic E-state index is 0.388. The van der Waals surface area contributed by atoms with Gasteiger partial charge in [0.15, 0.2) is 0 Å². The zero-order valence-corrected chi connectivity index (χ0v) is 12.5. The summed E-state index contributed by atoms with van der Waals surface area (Å²) in [5.74, 6) is 0.388. The summed E-state index contributed by atoms with van der Waals surface area (Å²) in [6, 6.07) is 12.0. The van der Waals surface area contributed by atoms with Crippen LogP contribution in [0.2, 0.25) is 0 Å². The maximum absolute atomic E-state index is 10.1. The molecule has 2 aromatic carbocycles. The number of nitrogens with zero attached hydrogens (tertiary/aromatic N) is 1. The third-order valence-corrected chi connectivity index (χ3v) is 4.37. The van der Waals surface area contributed by atoms with Crippen LogP contribution >= 0.6 is 0 Å². The van der Waals surface area contributed by atoms with Crippen LogP contribution in [-0.2, 0) is 6.54 Å². The highest BCUT2D eigenvalue weighted by Gasteiger charge is 2.10. The molecule has 0 unspecified atom stereocenters. The normalized spacial score (nSPS) is 16.4. The minimum atomic E-state index is 0.388. The van der Waals surface area contributed by atoms with Gasteiger partial charge in [0, 0.05) is 25.2 Å². The predicted molar refractivity (Wildman–Crippen MR) is 87.6 cm³/mol. The quantitative estimate of drug-likeness (QED) is 0.828. The van der Waals surface area contributed by atoms with Crippen LogP contribution in [0.4, 0.5) is 0 Å². The van der Waals surface area contributed by atoms with Crippen LogP contribution in [0.15, 0.2) is 36.4 Å². The summed E-state index contributed by atoms with van der Waals surface area (Å²) in [4.78, 5) is 2.53. The summed E-state index contributed by atoms with van der Waals surface area (Å²) in [7, 11) is 0. The number of aromatic hydroxyl groups is 1. The Bertz CT molecular complexity index is 591. The number of hydrogen-bond acceptors (Lipinski definition) is 3. The second kappa shape index (κ2) is 6.92. The molecular weight excluding hydrogens is 260 g/mol. The Hall–Kier alpha value is -1.58. The lowest BCUT2D eigenvalue weighted by Crippen LogP contribution is -2.35. The van der Waals surface area contributed by atoms with Crippen molar-refractivity contribution < 1.29 is 5.11 Å². The van der Waals surface area contributed by atoms with Crippen LogP contribution in [0.3, 0.4) is 0 Å². The van der Waals surface area contributed by atoms with Gasteiger partial charge < -0.3 is 15.3 Å². The zero-order valence-electron chi connectivity index (χ0n) is 12.5. The molecule has 0 spiro atoms. The number of fused-ring (bicyclic) bond motifs is 1. The molecular formula is C18H24N2O. The van der Waals surface area contributed by atoms with Gasteiger partial charge in [-0.3, -0.25) is 0 Å².